The van der Waals surface area contributed by atoms with E-state index in [1.54, 1.807) is 23.1 Å². The number of hydrogen-bond acceptors (Lipinski definition) is 16. The molecule has 8 rings (SSSR count). The Balaban J connectivity index is 0.633. The molecule has 0 radical (unpaired) electrons. The molecule has 21 heteroatoms. The van der Waals surface area contributed by atoms with E-state index in [0.29, 0.717) is 86.5 Å². The summed E-state index contributed by atoms with van der Waals surface area (Å²) < 4.78 is 29.8. The van der Waals surface area contributed by atoms with E-state index in [1.807, 2.05) is 6.07 Å². The maximum Gasteiger partial charge on any atom is 0.266 e. The standard InChI is InChI=1S/C46H52N10O11/c47-22-29-20-30-24-51-56(42(30)50-23-29)38-21-35(52-31-8-9-31)34(25-49-38)43(59)53-32-6-4-28(5-7-32)26-66-19-18-65-17-16-64-15-14-63-13-12-48-40(58)27-67-37-3-1-2-33-41(37)46(62)55(45(33)61)36-10-11-39(57)54-44(36)60/h1-3,20-21,23-25,28,31-32,36H,4-19,26-27H2,(H,48,58)(H,49,52)(H,53,59)(H,54,57,60). The molecule has 1 unspecified atom stereocenters. The smallest absolute Gasteiger partial charge is 0.266 e. The molecule has 2 aliphatic heterocycles. The van der Waals surface area contributed by atoms with E-state index in [4.69, 9.17) is 23.7 Å². The Morgan fingerprint density at radius 1 is 0.821 bits per heavy atom. The van der Waals surface area contributed by atoms with E-state index in [1.165, 1.54) is 24.4 Å². The lowest BCUT2D eigenvalue weighted by Crippen LogP contribution is -2.54. The number of anilines is 1. The molecule has 4 N–H and O–H groups in total. The van der Waals surface area contributed by atoms with Gasteiger partial charge < -0.3 is 39.6 Å². The van der Waals surface area contributed by atoms with Crippen LogP contribution in [0.3, 0.4) is 0 Å². The molecule has 1 atom stereocenters. The number of nitriles is 1. The Labute approximate surface area is 385 Å². The van der Waals surface area contributed by atoms with Gasteiger partial charge in [-0.2, -0.15) is 15.0 Å². The molecule has 1 saturated heterocycles. The Morgan fingerprint density at radius 3 is 2.28 bits per heavy atom. The molecule has 3 fully saturated rings. The fourth-order valence-corrected chi connectivity index (χ4v) is 8.17. The van der Waals surface area contributed by atoms with Crippen LogP contribution >= 0.6 is 0 Å². The average molecular weight is 921 g/mol. The van der Waals surface area contributed by atoms with E-state index >= 15 is 0 Å². The molecular formula is C46H52N10O11. The van der Waals surface area contributed by atoms with Crippen LogP contribution < -0.4 is 26.0 Å². The first-order valence-corrected chi connectivity index (χ1v) is 22.5. The number of rotatable bonds is 23. The molecule has 2 saturated carbocycles. The molecule has 0 bridgehead atoms. The topological polar surface area (TPSA) is 267 Å². The van der Waals surface area contributed by atoms with Gasteiger partial charge in [0.25, 0.3) is 23.6 Å². The maximum absolute atomic E-state index is 13.5. The molecule has 0 spiro atoms. The van der Waals surface area contributed by atoms with Gasteiger partial charge in [-0.05, 0) is 69.1 Å². The monoisotopic (exact) mass is 920 g/mol. The lowest BCUT2D eigenvalue weighted by atomic mass is 9.86. The summed E-state index contributed by atoms with van der Waals surface area (Å²) in [6.07, 6.45) is 10.4. The van der Waals surface area contributed by atoms with Crippen LogP contribution in [-0.4, -0.2) is 144 Å². The van der Waals surface area contributed by atoms with Crippen LogP contribution in [0.15, 0.2) is 48.9 Å². The number of benzene rings is 1. The van der Waals surface area contributed by atoms with Crippen molar-refractivity contribution in [1.29, 1.82) is 5.26 Å². The van der Waals surface area contributed by atoms with Crippen LogP contribution in [-0.2, 0) is 33.3 Å². The second kappa shape index (κ2) is 22.1. The first kappa shape index (κ1) is 46.7. The second-order valence-corrected chi connectivity index (χ2v) is 16.7. The van der Waals surface area contributed by atoms with Gasteiger partial charge in [0.15, 0.2) is 18.1 Å². The van der Waals surface area contributed by atoms with E-state index in [2.05, 4.69) is 42.4 Å². The van der Waals surface area contributed by atoms with Crippen molar-refractivity contribution >= 4 is 52.2 Å². The Hall–Kier alpha value is -6.86. The van der Waals surface area contributed by atoms with Gasteiger partial charge in [0, 0.05) is 55.5 Å². The van der Waals surface area contributed by atoms with Crippen LogP contribution in [0.25, 0.3) is 16.9 Å². The van der Waals surface area contributed by atoms with E-state index < -0.39 is 42.2 Å². The molecule has 3 aromatic heterocycles. The van der Waals surface area contributed by atoms with Crippen LogP contribution in [0.4, 0.5) is 5.69 Å². The maximum atomic E-state index is 13.5. The first-order valence-electron chi connectivity index (χ1n) is 22.5. The van der Waals surface area contributed by atoms with Crippen molar-refractivity contribution in [3.05, 3.63) is 71.2 Å². The van der Waals surface area contributed by atoms with Crippen molar-refractivity contribution in [3.8, 4) is 17.6 Å². The second-order valence-electron chi connectivity index (χ2n) is 16.7. The van der Waals surface area contributed by atoms with E-state index in [9.17, 15) is 34.0 Å². The fraction of sp³-hybridized carbons (Fsp3) is 0.478. The zero-order chi connectivity index (χ0) is 46.7. The number of hydrogen-bond donors (Lipinski definition) is 4. The average Bonchev–Trinajstić information content (AvgIpc) is 3.99. The number of carbonyl (C=O) groups excluding carboxylic acids is 6. The molecule has 1 aromatic carbocycles. The summed E-state index contributed by atoms with van der Waals surface area (Å²) in [5.74, 6) is -2.21. The minimum atomic E-state index is -1.11. The van der Waals surface area contributed by atoms with Gasteiger partial charge in [-0.3, -0.25) is 39.0 Å². The molecule has 5 heterocycles. The van der Waals surface area contributed by atoms with Gasteiger partial charge in [-0.25, -0.2) is 9.97 Å². The summed E-state index contributed by atoms with van der Waals surface area (Å²) in [4.78, 5) is 85.8. The number of ether oxygens (including phenoxy) is 5. The van der Waals surface area contributed by atoms with Crippen molar-refractivity contribution in [3.63, 3.8) is 0 Å². The number of aromatic nitrogens is 4. The minimum Gasteiger partial charge on any atom is -0.483 e. The third-order valence-corrected chi connectivity index (χ3v) is 11.8. The molecule has 4 aliphatic rings. The third kappa shape index (κ3) is 11.8. The van der Waals surface area contributed by atoms with Crippen molar-refractivity contribution in [2.24, 2.45) is 5.92 Å². The molecule has 2 aliphatic carbocycles. The summed E-state index contributed by atoms with van der Waals surface area (Å²) >= 11 is 0. The normalized spacial score (nSPS) is 19.2. The van der Waals surface area contributed by atoms with Crippen LogP contribution in [0.5, 0.6) is 5.75 Å². The SMILES string of the molecule is N#Cc1cnc2c(cnn2-c2cc(NC3CC3)c(C(=O)NC3CCC(COCCOCCOCCOCCNC(=O)COc4cccc5c4C(=O)N(C4CCC(=O)NC4=O)C5=O)CC3)cn2)c1. The highest BCUT2D eigenvalue weighted by Crippen LogP contribution is 2.34. The molecule has 4 aromatic rings. The van der Waals surface area contributed by atoms with Crippen LogP contribution in [0.2, 0.25) is 0 Å². The van der Waals surface area contributed by atoms with Gasteiger partial charge in [0.2, 0.25) is 11.8 Å². The van der Waals surface area contributed by atoms with Gasteiger partial charge >= 0.3 is 0 Å². The van der Waals surface area contributed by atoms with E-state index in [0.717, 1.165) is 48.8 Å². The Bertz CT molecular complexity index is 2530. The Kier molecular flexibility index (Phi) is 15.4. The summed E-state index contributed by atoms with van der Waals surface area (Å²) in [7, 11) is 0. The third-order valence-electron chi connectivity index (χ3n) is 11.8. The van der Waals surface area contributed by atoms with Crippen molar-refractivity contribution in [2.75, 3.05) is 71.3 Å². The highest BCUT2D eigenvalue weighted by atomic mass is 16.6. The molecule has 21 nitrogen and oxygen atoms in total. The first-order chi connectivity index (χ1) is 32.7. The lowest BCUT2D eigenvalue weighted by Gasteiger charge is -2.29. The molecular weight excluding hydrogens is 869 g/mol. The number of fused-ring (bicyclic) bond motifs is 2. The van der Waals surface area contributed by atoms with Gasteiger partial charge in [-0.15, -0.1) is 0 Å². The van der Waals surface area contributed by atoms with Gasteiger partial charge in [-0.1, -0.05) is 6.07 Å². The van der Waals surface area contributed by atoms with Crippen LogP contribution in [0.1, 0.15) is 88.0 Å². The molecule has 67 heavy (non-hydrogen) atoms. The molecule has 352 valence electrons. The van der Waals surface area contributed by atoms with Gasteiger partial charge in [0.1, 0.15) is 17.9 Å². The number of nitrogens with zero attached hydrogens (tertiary/aromatic N) is 6. The number of pyridine rings is 2. The van der Waals surface area contributed by atoms with Crippen LogP contribution in [0, 0.1) is 17.2 Å². The van der Waals surface area contributed by atoms with Crippen molar-refractivity contribution in [2.45, 2.75) is 69.5 Å². The highest BCUT2D eigenvalue weighted by molar-refractivity contribution is 6.24. The largest absolute Gasteiger partial charge is 0.483 e. The fourth-order valence-electron chi connectivity index (χ4n) is 8.17. The minimum absolute atomic E-state index is 0.00547. The summed E-state index contributed by atoms with van der Waals surface area (Å²) in [5, 5.41) is 25.9. The van der Waals surface area contributed by atoms with Crippen molar-refractivity contribution < 1.29 is 52.5 Å². The lowest BCUT2D eigenvalue weighted by molar-refractivity contribution is -0.136. The summed E-state index contributed by atoms with van der Waals surface area (Å²) in [6.45, 7) is 3.02. The highest BCUT2D eigenvalue weighted by Gasteiger charge is 2.46. The number of carbonyl (C=O) groups is 6. The number of amides is 6. The van der Waals surface area contributed by atoms with Crippen molar-refractivity contribution in [1.82, 2.24) is 40.6 Å². The predicted octanol–water partition coefficient (Wildman–Crippen LogP) is 2.21. The number of nitrogens with one attached hydrogen (secondary N) is 4. The quantitative estimate of drug-likeness (QED) is 0.0614. The predicted molar refractivity (Wildman–Crippen MR) is 236 cm³/mol. The molecule has 6 amide bonds. The Morgan fingerprint density at radius 2 is 1.55 bits per heavy atom. The number of piperidine rings is 1. The van der Waals surface area contributed by atoms with Gasteiger partial charge in [0.05, 0.1) is 80.4 Å². The summed E-state index contributed by atoms with van der Waals surface area (Å²) in [6, 6.07) is 9.35. The van der Waals surface area contributed by atoms with E-state index in [-0.39, 0.29) is 54.8 Å². The zero-order valence-corrected chi connectivity index (χ0v) is 36.8. The zero-order valence-electron chi connectivity index (χ0n) is 36.8. The summed E-state index contributed by atoms with van der Waals surface area (Å²) in [5.41, 5.74) is 2.24. The number of imide groups is 2.